The van der Waals surface area contributed by atoms with Gasteiger partial charge >= 0.3 is 0 Å². The minimum Gasteiger partial charge on any atom is -0.324 e. The number of halogens is 3. The van der Waals surface area contributed by atoms with Gasteiger partial charge in [-0.1, -0.05) is 37.0 Å². The molecule has 120 valence electrons. The number of thioether (sulfide) groups is 1. The Bertz CT molecular complexity index is 442. The minimum atomic E-state index is -0.0567. The van der Waals surface area contributed by atoms with Crippen molar-refractivity contribution < 1.29 is 4.79 Å². The standard InChI is InChI=1S/C14H20Cl2N2OS.ClH/c1-3-18(4-2)7-8-20-10-14(19)17-13-9-11(15)5-6-12(13)16;/h5-6,9H,3-4,7-8,10H2,1-2H3,(H,17,19);1H. The number of hydrogen-bond donors (Lipinski definition) is 1. The van der Waals surface area contributed by atoms with Crippen molar-refractivity contribution in [1.29, 1.82) is 0 Å². The molecule has 0 aliphatic rings. The highest BCUT2D eigenvalue weighted by Gasteiger charge is 2.07. The highest BCUT2D eigenvalue weighted by atomic mass is 35.5. The van der Waals surface area contributed by atoms with Crippen LogP contribution in [-0.2, 0) is 4.79 Å². The molecule has 0 heterocycles. The van der Waals surface area contributed by atoms with E-state index < -0.39 is 0 Å². The maximum absolute atomic E-state index is 11.8. The summed E-state index contributed by atoms with van der Waals surface area (Å²) in [4.78, 5) is 14.1. The summed E-state index contributed by atoms with van der Waals surface area (Å²) >= 11 is 13.5. The molecule has 1 aromatic carbocycles. The number of nitrogens with zero attached hydrogens (tertiary/aromatic N) is 1. The molecule has 0 saturated carbocycles. The number of anilines is 1. The summed E-state index contributed by atoms with van der Waals surface area (Å²) in [5.74, 6) is 1.31. The van der Waals surface area contributed by atoms with Crippen LogP contribution in [0.25, 0.3) is 0 Å². The van der Waals surface area contributed by atoms with Gasteiger partial charge in [-0.25, -0.2) is 0 Å². The van der Waals surface area contributed by atoms with Crippen molar-refractivity contribution in [2.45, 2.75) is 13.8 Å². The normalized spacial score (nSPS) is 10.3. The summed E-state index contributed by atoms with van der Waals surface area (Å²) in [7, 11) is 0. The summed E-state index contributed by atoms with van der Waals surface area (Å²) in [5, 5.41) is 3.83. The molecule has 21 heavy (non-hydrogen) atoms. The van der Waals surface area contributed by atoms with Crippen LogP contribution in [0.2, 0.25) is 10.0 Å². The van der Waals surface area contributed by atoms with Gasteiger partial charge in [-0.3, -0.25) is 4.79 Å². The zero-order chi connectivity index (χ0) is 15.0. The van der Waals surface area contributed by atoms with E-state index >= 15 is 0 Å². The Hall–Kier alpha value is -0.130. The molecule has 0 aliphatic heterocycles. The number of benzene rings is 1. The summed E-state index contributed by atoms with van der Waals surface area (Å²) in [6.45, 7) is 7.37. The number of carbonyl (C=O) groups excluding carboxylic acids is 1. The molecule has 0 saturated heterocycles. The van der Waals surface area contributed by atoms with Gasteiger partial charge in [-0.2, -0.15) is 11.8 Å². The molecule has 0 atom stereocenters. The summed E-state index contributed by atoms with van der Waals surface area (Å²) in [6.07, 6.45) is 0. The van der Waals surface area contributed by atoms with Crippen LogP contribution in [0.5, 0.6) is 0 Å². The molecule has 0 aliphatic carbocycles. The van der Waals surface area contributed by atoms with Crippen molar-refractivity contribution in [3.8, 4) is 0 Å². The first-order chi connectivity index (χ1) is 9.56. The van der Waals surface area contributed by atoms with Gasteiger partial charge in [0.1, 0.15) is 0 Å². The third-order valence-corrected chi connectivity index (χ3v) is 4.38. The Morgan fingerprint density at radius 2 is 1.95 bits per heavy atom. The third kappa shape index (κ3) is 8.17. The SMILES string of the molecule is CCN(CC)CCSCC(=O)Nc1cc(Cl)ccc1Cl.Cl. The van der Waals surface area contributed by atoms with Crippen LogP contribution < -0.4 is 5.32 Å². The van der Waals surface area contributed by atoms with E-state index in [1.165, 1.54) is 0 Å². The van der Waals surface area contributed by atoms with Crippen LogP contribution in [0.4, 0.5) is 5.69 Å². The van der Waals surface area contributed by atoms with Crippen molar-refractivity contribution in [1.82, 2.24) is 4.90 Å². The Morgan fingerprint density at radius 1 is 1.29 bits per heavy atom. The number of hydrogen-bond acceptors (Lipinski definition) is 3. The van der Waals surface area contributed by atoms with Gasteiger partial charge in [0, 0.05) is 17.3 Å². The zero-order valence-electron chi connectivity index (χ0n) is 12.2. The van der Waals surface area contributed by atoms with Crippen molar-refractivity contribution in [3.63, 3.8) is 0 Å². The largest absolute Gasteiger partial charge is 0.324 e. The van der Waals surface area contributed by atoms with Gasteiger partial charge in [0.05, 0.1) is 16.5 Å². The van der Waals surface area contributed by atoms with Crippen molar-refractivity contribution in [2.75, 3.05) is 36.5 Å². The van der Waals surface area contributed by atoms with E-state index in [0.717, 1.165) is 25.4 Å². The Balaban J connectivity index is 0.00000400. The van der Waals surface area contributed by atoms with E-state index in [4.69, 9.17) is 23.2 Å². The first-order valence-electron chi connectivity index (χ1n) is 6.61. The van der Waals surface area contributed by atoms with Gasteiger partial charge in [0.2, 0.25) is 5.91 Å². The topological polar surface area (TPSA) is 32.3 Å². The first-order valence-corrected chi connectivity index (χ1v) is 8.52. The quantitative estimate of drug-likeness (QED) is 0.686. The van der Waals surface area contributed by atoms with Gasteiger partial charge in [0.25, 0.3) is 0 Å². The molecule has 0 fully saturated rings. The predicted molar refractivity (Wildman–Crippen MR) is 97.5 cm³/mol. The lowest BCUT2D eigenvalue weighted by atomic mass is 10.3. The highest BCUT2D eigenvalue weighted by molar-refractivity contribution is 7.99. The fourth-order valence-corrected chi connectivity index (χ4v) is 2.80. The third-order valence-electron chi connectivity index (χ3n) is 2.88. The summed E-state index contributed by atoms with van der Waals surface area (Å²) in [5.41, 5.74) is 0.563. The number of rotatable bonds is 8. The number of nitrogens with one attached hydrogen (secondary N) is 1. The lowest BCUT2D eigenvalue weighted by molar-refractivity contribution is -0.113. The van der Waals surface area contributed by atoms with Crippen molar-refractivity contribution >= 4 is 59.0 Å². The second-order valence-corrected chi connectivity index (χ2v) is 6.20. The first kappa shape index (κ1) is 20.9. The van der Waals surface area contributed by atoms with E-state index in [9.17, 15) is 4.79 Å². The van der Waals surface area contributed by atoms with Crippen LogP contribution in [0.3, 0.4) is 0 Å². The fraction of sp³-hybridized carbons (Fsp3) is 0.500. The molecular formula is C14H21Cl3N2OS. The van der Waals surface area contributed by atoms with Crippen LogP contribution in [0.15, 0.2) is 18.2 Å². The van der Waals surface area contributed by atoms with Gasteiger partial charge in [-0.15, -0.1) is 12.4 Å². The van der Waals surface area contributed by atoms with Crippen LogP contribution in [-0.4, -0.2) is 41.9 Å². The van der Waals surface area contributed by atoms with Crippen molar-refractivity contribution in [2.24, 2.45) is 0 Å². The molecule has 0 aromatic heterocycles. The van der Waals surface area contributed by atoms with Gasteiger partial charge < -0.3 is 10.2 Å². The summed E-state index contributed by atoms with van der Waals surface area (Å²) in [6, 6.07) is 5.02. The highest BCUT2D eigenvalue weighted by Crippen LogP contribution is 2.25. The number of carbonyl (C=O) groups is 1. The van der Waals surface area contributed by atoms with Crippen LogP contribution in [0.1, 0.15) is 13.8 Å². The fourth-order valence-electron chi connectivity index (χ4n) is 1.68. The number of amides is 1. The molecule has 1 aromatic rings. The smallest absolute Gasteiger partial charge is 0.234 e. The Morgan fingerprint density at radius 3 is 2.57 bits per heavy atom. The molecule has 1 amide bonds. The van der Waals surface area contributed by atoms with Crippen LogP contribution >= 0.6 is 47.4 Å². The maximum atomic E-state index is 11.8. The molecular weight excluding hydrogens is 351 g/mol. The monoisotopic (exact) mass is 370 g/mol. The summed E-state index contributed by atoms with van der Waals surface area (Å²) < 4.78 is 0. The van der Waals surface area contributed by atoms with Crippen molar-refractivity contribution in [3.05, 3.63) is 28.2 Å². The van der Waals surface area contributed by atoms with Crippen LogP contribution in [0, 0.1) is 0 Å². The molecule has 1 N–H and O–H groups in total. The molecule has 0 bridgehead atoms. The van der Waals surface area contributed by atoms with E-state index in [2.05, 4.69) is 24.1 Å². The average molecular weight is 372 g/mol. The van der Waals surface area contributed by atoms with Gasteiger partial charge in [-0.05, 0) is 31.3 Å². The zero-order valence-corrected chi connectivity index (χ0v) is 15.3. The molecule has 0 unspecified atom stereocenters. The van der Waals surface area contributed by atoms with E-state index in [0.29, 0.717) is 21.5 Å². The molecule has 0 spiro atoms. The average Bonchev–Trinajstić information content (AvgIpc) is 2.43. The van der Waals surface area contributed by atoms with Gasteiger partial charge in [0.15, 0.2) is 0 Å². The second kappa shape index (κ2) is 11.4. The maximum Gasteiger partial charge on any atom is 0.234 e. The second-order valence-electron chi connectivity index (χ2n) is 4.25. The Kier molecular flexibility index (Phi) is 11.4. The lowest BCUT2D eigenvalue weighted by Gasteiger charge is -2.17. The minimum absolute atomic E-state index is 0. The Labute approximate surface area is 147 Å². The van der Waals surface area contributed by atoms with E-state index in [1.807, 2.05) is 0 Å². The molecule has 1 rings (SSSR count). The van der Waals surface area contributed by atoms with E-state index in [1.54, 1.807) is 30.0 Å². The molecule has 3 nitrogen and oxygen atoms in total. The predicted octanol–water partition coefficient (Wildman–Crippen LogP) is 4.43. The van der Waals surface area contributed by atoms with E-state index in [-0.39, 0.29) is 18.3 Å². The lowest BCUT2D eigenvalue weighted by Crippen LogP contribution is -2.26. The molecule has 7 heteroatoms. The molecule has 0 radical (unpaired) electrons.